The zero-order chi connectivity index (χ0) is 19.0. The van der Waals surface area contributed by atoms with E-state index in [0.717, 1.165) is 24.5 Å². The van der Waals surface area contributed by atoms with Crippen LogP contribution in [0.5, 0.6) is 5.75 Å². The summed E-state index contributed by atoms with van der Waals surface area (Å²) in [4.78, 5) is 19.2. The number of hydrogen-bond acceptors (Lipinski definition) is 5. The molecule has 2 aliphatic heterocycles. The number of benzene rings is 1. The normalized spacial score (nSPS) is 24.3. The van der Waals surface area contributed by atoms with Crippen molar-refractivity contribution in [3.8, 4) is 5.75 Å². The third-order valence-corrected chi connectivity index (χ3v) is 4.98. The van der Waals surface area contributed by atoms with Crippen molar-refractivity contribution in [1.82, 2.24) is 4.98 Å². The van der Waals surface area contributed by atoms with Gasteiger partial charge < -0.3 is 19.7 Å². The third kappa shape index (κ3) is 4.01. The molecule has 1 fully saturated rings. The number of rotatable bonds is 3. The van der Waals surface area contributed by atoms with Crippen molar-refractivity contribution in [2.75, 3.05) is 23.3 Å². The van der Waals surface area contributed by atoms with E-state index in [1.54, 1.807) is 18.3 Å². The Kier molecular flexibility index (Phi) is 4.93. The van der Waals surface area contributed by atoms with E-state index in [4.69, 9.17) is 21.1 Å². The highest BCUT2D eigenvalue weighted by Crippen LogP contribution is 2.31. The summed E-state index contributed by atoms with van der Waals surface area (Å²) in [5.74, 6) is 1.41. The number of nitrogens with one attached hydrogen (secondary N) is 1. The Balaban J connectivity index is 1.38. The van der Waals surface area contributed by atoms with Crippen molar-refractivity contribution in [3.63, 3.8) is 0 Å². The van der Waals surface area contributed by atoms with Crippen molar-refractivity contribution in [2.45, 2.75) is 38.6 Å². The predicted octanol–water partition coefficient (Wildman–Crippen LogP) is 3.29. The Hall–Kier alpha value is -2.31. The molecule has 1 aromatic carbocycles. The van der Waals surface area contributed by atoms with Crippen LogP contribution in [0.3, 0.4) is 0 Å². The SMILES string of the molecule is CC1CN(c2ccc(NC(=O)C3Cc4cc(Cl)ccc4O3)cn2)CC(C)O1. The molecule has 2 aromatic rings. The number of amides is 1. The number of carbonyl (C=O) groups is 1. The van der Waals surface area contributed by atoms with Gasteiger partial charge in [-0.2, -0.15) is 0 Å². The number of morpholine rings is 1. The smallest absolute Gasteiger partial charge is 0.265 e. The summed E-state index contributed by atoms with van der Waals surface area (Å²) < 4.78 is 11.5. The van der Waals surface area contributed by atoms with Crippen molar-refractivity contribution in [2.24, 2.45) is 0 Å². The van der Waals surface area contributed by atoms with Gasteiger partial charge in [-0.15, -0.1) is 0 Å². The van der Waals surface area contributed by atoms with Crippen LogP contribution in [0.2, 0.25) is 5.02 Å². The lowest BCUT2D eigenvalue weighted by atomic mass is 10.1. The van der Waals surface area contributed by atoms with Crippen molar-refractivity contribution < 1.29 is 14.3 Å². The highest BCUT2D eigenvalue weighted by atomic mass is 35.5. The lowest BCUT2D eigenvalue weighted by molar-refractivity contribution is -0.122. The molecule has 3 atom stereocenters. The quantitative estimate of drug-likeness (QED) is 0.875. The molecule has 0 aliphatic carbocycles. The molecule has 142 valence electrons. The van der Waals surface area contributed by atoms with Crippen LogP contribution < -0.4 is 15.0 Å². The van der Waals surface area contributed by atoms with Gasteiger partial charge in [0.1, 0.15) is 11.6 Å². The van der Waals surface area contributed by atoms with Crippen LogP contribution in [0.4, 0.5) is 11.5 Å². The van der Waals surface area contributed by atoms with Gasteiger partial charge in [0.2, 0.25) is 0 Å². The summed E-state index contributed by atoms with van der Waals surface area (Å²) in [7, 11) is 0. The van der Waals surface area contributed by atoms with Crippen molar-refractivity contribution in [1.29, 1.82) is 0 Å². The number of carbonyl (C=O) groups excluding carboxylic acids is 1. The predicted molar refractivity (Wildman–Crippen MR) is 105 cm³/mol. The van der Waals surface area contributed by atoms with E-state index in [2.05, 4.69) is 29.0 Å². The maximum absolute atomic E-state index is 12.5. The van der Waals surface area contributed by atoms with Crippen LogP contribution in [0.25, 0.3) is 0 Å². The lowest BCUT2D eigenvalue weighted by Crippen LogP contribution is -2.45. The van der Waals surface area contributed by atoms with E-state index >= 15 is 0 Å². The number of pyridine rings is 1. The Morgan fingerprint density at radius 1 is 1.22 bits per heavy atom. The topological polar surface area (TPSA) is 63.7 Å². The molecule has 6 nitrogen and oxygen atoms in total. The molecule has 27 heavy (non-hydrogen) atoms. The number of hydrogen-bond donors (Lipinski definition) is 1. The molecular formula is C20H22ClN3O3. The van der Waals surface area contributed by atoms with E-state index in [9.17, 15) is 4.79 Å². The molecule has 1 N–H and O–H groups in total. The van der Waals surface area contributed by atoms with Gasteiger partial charge in [0.05, 0.1) is 24.1 Å². The average molecular weight is 388 g/mol. The van der Waals surface area contributed by atoms with E-state index in [1.807, 2.05) is 18.2 Å². The second-order valence-electron chi connectivity index (χ2n) is 7.12. The van der Waals surface area contributed by atoms with Crippen LogP contribution in [0, 0.1) is 0 Å². The molecule has 2 aliphatic rings. The molecule has 1 aromatic heterocycles. The number of fused-ring (bicyclic) bond motifs is 1. The van der Waals surface area contributed by atoms with Gasteiger partial charge in [0, 0.05) is 24.5 Å². The van der Waals surface area contributed by atoms with E-state index < -0.39 is 6.10 Å². The van der Waals surface area contributed by atoms with Gasteiger partial charge in [-0.25, -0.2) is 4.98 Å². The molecule has 7 heteroatoms. The minimum absolute atomic E-state index is 0.171. The molecule has 0 spiro atoms. The minimum atomic E-state index is -0.556. The van der Waals surface area contributed by atoms with Gasteiger partial charge in [0.25, 0.3) is 5.91 Å². The lowest BCUT2D eigenvalue weighted by Gasteiger charge is -2.36. The summed E-state index contributed by atoms with van der Waals surface area (Å²) in [6.07, 6.45) is 1.97. The standard InChI is InChI=1S/C20H22ClN3O3/c1-12-10-24(11-13(2)26-12)19-6-4-16(9-22-19)23-20(25)18-8-14-7-15(21)3-5-17(14)27-18/h3-7,9,12-13,18H,8,10-11H2,1-2H3,(H,23,25). The summed E-state index contributed by atoms with van der Waals surface area (Å²) >= 11 is 6.00. The summed E-state index contributed by atoms with van der Waals surface area (Å²) in [6.45, 7) is 5.73. The minimum Gasteiger partial charge on any atom is -0.480 e. The fourth-order valence-electron chi connectivity index (χ4n) is 3.60. The number of aromatic nitrogens is 1. The van der Waals surface area contributed by atoms with Gasteiger partial charge in [0.15, 0.2) is 6.10 Å². The Bertz CT molecular complexity index is 833. The highest BCUT2D eigenvalue weighted by Gasteiger charge is 2.29. The molecule has 0 bridgehead atoms. The highest BCUT2D eigenvalue weighted by molar-refractivity contribution is 6.30. The van der Waals surface area contributed by atoms with Crippen LogP contribution in [-0.4, -0.2) is 42.3 Å². The Morgan fingerprint density at radius 3 is 2.70 bits per heavy atom. The van der Waals surface area contributed by atoms with Gasteiger partial charge in [-0.3, -0.25) is 4.79 Å². The number of nitrogens with zero attached hydrogens (tertiary/aromatic N) is 2. The largest absolute Gasteiger partial charge is 0.480 e. The molecule has 0 saturated carbocycles. The third-order valence-electron chi connectivity index (χ3n) is 4.75. The molecule has 1 amide bonds. The maximum Gasteiger partial charge on any atom is 0.265 e. The van der Waals surface area contributed by atoms with Crippen LogP contribution >= 0.6 is 11.6 Å². The monoisotopic (exact) mass is 387 g/mol. The van der Waals surface area contributed by atoms with Crippen LogP contribution in [-0.2, 0) is 16.0 Å². The first-order valence-corrected chi connectivity index (χ1v) is 9.48. The fourth-order valence-corrected chi connectivity index (χ4v) is 3.79. The zero-order valence-corrected chi connectivity index (χ0v) is 16.1. The van der Waals surface area contributed by atoms with Gasteiger partial charge >= 0.3 is 0 Å². The van der Waals surface area contributed by atoms with E-state index in [0.29, 0.717) is 22.9 Å². The second-order valence-corrected chi connectivity index (χ2v) is 7.56. The first kappa shape index (κ1) is 18.1. The van der Waals surface area contributed by atoms with Crippen LogP contribution in [0.15, 0.2) is 36.5 Å². The first-order chi connectivity index (χ1) is 13.0. The second kappa shape index (κ2) is 7.37. The van der Waals surface area contributed by atoms with Gasteiger partial charge in [-0.1, -0.05) is 11.6 Å². The number of ether oxygens (including phenoxy) is 2. The van der Waals surface area contributed by atoms with E-state index in [-0.39, 0.29) is 18.1 Å². The van der Waals surface area contributed by atoms with Crippen LogP contribution in [0.1, 0.15) is 19.4 Å². The molecule has 1 saturated heterocycles. The van der Waals surface area contributed by atoms with E-state index in [1.165, 1.54) is 0 Å². The maximum atomic E-state index is 12.5. The zero-order valence-electron chi connectivity index (χ0n) is 15.3. The number of halogens is 1. The molecular weight excluding hydrogens is 366 g/mol. The van der Waals surface area contributed by atoms with Crippen molar-refractivity contribution in [3.05, 3.63) is 47.1 Å². The Morgan fingerprint density at radius 2 is 2.00 bits per heavy atom. The average Bonchev–Trinajstić information content (AvgIpc) is 3.05. The molecule has 0 radical (unpaired) electrons. The Labute approximate surface area is 163 Å². The summed E-state index contributed by atoms with van der Waals surface area (Å²) in [5.41, 5.74) is 1.60. The molecule has 3 heterocycles. The van der Waals surface area contributed by atoms with Gasteiger partial charge in [-0.05, 0) is 49.7 Å². The summed E-state index contributed by atoms with van der Waals surface area (Å²) in [6, 6.07) is 9.18. The molecule has 4 rings (SSSR count). The number of anilines is 2. The fraction of sp³-hybridized carbons (Fsp3) is 0.400. The first-order valence-electron chi connectivity index (χ1n) is 9.10. The van der Waals surface area contributed by atoms with Crippen molar-refractivity contribution >= 4 is 29.0 Å². The summed E-state index contributed by atoms with van der Waals surface area (Å²) in [5, 5.41) is 3.52. The molecule has 3 unspecified atom stereocenters.